The smallest absolute Gasteiger partial charge is 0.233 e. The van der Waals surface area contributed by atoms with Crippen molar-refractivity contribution in [3.63, 3.8) is 0 Å². The van der Waals surface area contributed by atoms with Gasteiger partial charge in [0.2, 0.25) is 5.91 Å². The first-order valence-corrected chi connectivity index (χ1v) is 10.1. The molecule has 0 aromatic heterocycles. The predicted octanol–water partition coefficient (Wildman–Crippen LogP) is -4.20. The van der Waals surface area contributed by atoms with Gasteiger partial charge in [0.05, 0.1) is 12.3 Å². The van der Waals surface area contributed by atoms with E-state index in [1.165, 1.54) is 19.1 Å². The van der Waals surface area contributed by atoms with Gasteiger partial charge in [0.1, 0.15) is 54.2 Å². The van der Waals surface area contributed by atoms with Crippen LogP contribution >= 0.6 is 11.8 Å². The van der Waals surface area contributed by atoms with Crippen molar-refractivity contribution in [2.75, 3.05) is 26.5 Å². The van der Waals surface area contributed by atoms with E-state index in [1.807, 2.05) is 0 Å². The highest BCUT2D eigenvalue weighted by Crippen LogP contribution is 2.36. The molecular formula is C16H27NO11S. The Morgan fingerprint density at radius 2 is 1.45 bits per heavy atom. The topological polar surface area (TPSA) is 179 Å². The highest BCUT2D eigenvalue weighted by atomic mass is 32.2. The number of hydrogen-bond donors (Lipinski definition) is 6. The lowest BCUT2D eigenvalue weighted by Crippen LogP contribution is -2.64. The summed E-state index contributed by atoms with van der Waals surface area (Å²) >= 11 is 1.15. The molecule has 0 radical (unpaired) electrons. The van der Waals surface area contributed by atoms with E-state index in [0.717, 1.165) is 11.8 Å². The zero-order valence-electron chi connectivity index (χ0n) is 15.8. The van der Waals surface area contributed by atoms with Crippen LogP contribution in [0.3, 0.4) is 0 Å². The first-order valence-electron chi connectivity index (χ1n) is 9.07. The molecule has 13 heteroatoms. The number of carbonyl (C=O) groups excluding carboxylic acids is 1. The van der Waals surface area contributed by atoms with Crippen LogP contribution in [-0.4, -0.2) is 135 Å². The summed E-state index contributed by atoms with van der Waals surface area (Å²) in [6, 6.07) is 0. The number of aliphatic hydroxyl groups excluding tert-OH is 6. The third kappa shape index (κ3) is 4.27. The molecule has 0 aliphatic carbocycles. The second-order valence-electron chi connectivity index (χ2n) is 7.17. The van der Waals surface area contributed by atoms with E-state index in [-0.39, 0.29) is 18.2 Å². The van der Waals surface area contributed by atoms with Gasteiger partial charge in [-0.3, -0.25) is 4.79 Å². The zero-order chi connectivity index (χ0) is 21.5. The monoisotopic (exact) mass is 441 g/mol. The fourth-order valence-corrected chi connectivity index (χ4v) is 4.99. The number of thioether (sulfide) groups is 1. The van der Waals surface area contributed by atoms with Crippen LogP contribution in [0, 0.1) is 0 Å². The minimum atomic E-state index is -1.55. The van der Waals surface area contributed by atoms with E-state index >= 15 is 0 Å². The molecule has 0 unspecified atom stereocenters. The van der Waals surface area contributed by atoms with Gasteiger partial charge in [-0.15, -0.1) is 11.8 Å². The van der Waals surface area contributed by atoms with Crippen LogP contribution in [-0.2, 0) is 23.7 Å². The van der Waals surface area contributed by atoms with Gasteiger partial charge >= 0.3 is 0 Å². The number of nitrogens with zero attached hydrogens (tertiary/aromatic N) is 1. The van der Waals surface area contributed by atoms with E-state index < -0.39 is 66.8 Å². The summed E-state index contributed by atoms with van der Waals surface area (Å²) in [6.45, 7) is -0.190. The number of hydrogen-bond acceptors (Lipinski definition) is 12. The Bertz CT molecular complexity index is 581. The van der Waals surface area contributed by atoms with Crippen LogP contribution in [0.4, 0.5) is 0 Å². The molecule has 0 aromatic carbocycles. The molecule has 6 N–H and O–H groups in total. The van der Waals surface area contributed by atoms with E-state index in [1.54, 1.807) is 0 Å². The van der Waals surface area contributed by atoms with Gasteiger partial charge in [0.25, 0.3) is 0 Å². The summed E-state index contributed by atoms with van der Waals surface area (Å²) in [6.07, 6.45) is -13.6. The molecule has 11 atom stereocenters. The minimum Gasteiger partial charge on any atom is -0.388 e. The minimum absolute atomic E-state index is 0.0508. The van der Waals surface area contributed by atoms with Crippen molar-refractivity contribution in [2.45, 2.75) is 66.8 Å². The predicted molar refractivity (Wildman–Crippen MR) is 95.3 cm³/mol. The van der Waals surface area contributed by atoms with Crippen LogP contribution < -0.4 is 0 Å². The van der Waals surface area contributed by atoms with Crippen molar-refractivity contribution in [1.82, 2.24) is 4.90 Å². The molecule has 12 nitrogen and oxygen atoms in total. The van der Waals surface area contributed by atoms with Gasteiger partial charge in [-0.1, -0.05) is 0 Å². The van der Waals surface area contributed by atoms with Gasteiger partial charge in [-0.25, -0.2) is 0 Å². The summed E-state index contributed by atoms with van der Waals surface area (Å²) in [4.78, 5) is 13.7. The number of ether oxygens (including phenoxy) is 4. The number of aliphatic hydroxyl groups is 6. The maximum Gasteiger partial charge on any atom is 0.233 e. The Kier molecular flexibility index (Phi) is 7.39. The molecule has 3 aliphatic rings. The summed E-state index contributed by atoms with van der Waals surface area (Å²) < 4.78 is 21.0. The summed E-state index contributed by atoms with van der Waals surface area (Å²) in [7, 11) is 2.53. The maximum atomic E-state index is 12.5. The third-order valence-corrected chi connectivity index (χ3v) is 6.68. The lowest BCUT2D eigenvalue weighted by molar-refractivity contribution is -0.299. The molecule has 168 valence electrons. The van der Waals surface area contributed by atoms with Crippen LogP contribution in [0.1, 0.15) is 0 Å². The quantitative estimate of drug-likeness (QED) is 0.243. The molecule has 3 rings (SSSR count). The molecule has 3 aliphatic heterocycles. The first-order chi connectivity index (χ1) is 13.7. The Hall–Kier alpha value is -0.580. The molecule has 0 bridgehead atoms. The fraction of sp³-hybridized carbons (Fsp3) is 0.938. The second kappa shape index (κ2) is 9.28. The van der Waals surface area contributed by atoms with Crippen LogP contribution in [0.25, 0.3) is 0 Å². The van der Waals surface area contributed by atoms with Crippen molar-refractivity contribution < 1.29 is 54.4 Å². The Morgan fingerprint density at radius 1 is 0.897 bits per heavy atom. The highest BCUT2D eigenvalue weighted by molar-refractivity contribution is 8.01. The van der Waals surface area contributed by atoms with Gasteiger partial charge in [0, 0.05) is 14.2 Å². The van der Waals surface area contributed by atoms with E-state index in [2.05, 4.69) is 0 Å². The normalized spacial score (nSPS) is 48.9. The summed E-state index contributed by atoms with van der Waals surface area (Å²) in [5, 5.41) is 59.8. The van der Waals surface area contributed by atoms with Crippen molar-refractivity contribution >= 4 is 17.7 Å². The van der Waals surface area contributed by atoms with Crippen LogP contribution in [0.15, 0.2) is 0 Å². The highest BCUT2D eigenvalue weighted by Gasteiger charge is 2.52. The Morgan fingerprint density at radius 3 is 2.03 bits per heavy atom. The average Bonchev–Trinajstić information content (AvgIpc) is 3.07. The zero-order valence-corrected chi connectivity index (χ0v) is 16.7. The van der Waals surface area contributed by atoms with Crippen molar-refractivity contribution in [2.24, 2.45) is 0 Å². The molecule has 0 aromatic rings. The SMILES string of the molecule is CO[C@H]1O[C@H]([C@H]2SCC(=O)N2C[C@H]2O[C@H](OC)[C@H](O)[C@@H](O)[C@@H]2O)[C@@H](O)[C@H](O)[C@H]1O. The standard InChI is InChI=1S/C16H27NO11S/c1-25-15-11(23)8(20)7(19)5(27-15)3-17-6(18)4-29-14(17)13-10(22)9(21)12(24)16(26-2)28-13/h5,7-16,19-24H,3-4H2,1-2H3/t5-,7-,8+,9+,10+,11-,12-,13+,14-,15+,16+/m1/s1. The largest absolute Gasteiger partial charge is 0.388 e. The molecule has 3 saturated heterocycles. The van der Waals surface area contributed by atoms with Crippen molar-refractivity contribution in [1.29, 1.82) is 0 Å². The van der Waals surface area contributed by atoms with Crippen molar-refractivity contribution in [3.05, 3.63) is 0 Å². The molecular weight excluding hydrogens is 414 g/mol. The molecule has 3 heterocycles. The van der Waals surface area contributed by atoms with E-state index in [0.29, 0.717) is 0 Å². The molecule has 0 spiro atoms. The van der Waals surface area contributed by atoms with E-state index in [9.17, 15) is 35.4 Å². The van der Waals surface area contributed by atoms with Gasteiger partial charge in [0.15, 0.2) is 12.6 Å². The average molecular weight is 441 g/mol. The molecule has 1 amide bonds. The first kappa shape index (κ1) is 23.1. The molecule has 29 heavy (non-hydrogen) atoms. The summed E-state index contributed by atoms with van der Waals surface area (Å²) in [5.74, 6) is -0.286. The Labute approximate surface area is 170 Å². The van der Waals surface area contributed by atoms with Gasteiger partial charge < -0.3 is 54.5 Å². The number of amides is 1. The van der Waals surface area contributed by atoms with Gasteiger partial charge in [-0.2, -0.15) is 0 Å². The maximum absolute atomic E-state index is 12.5. The molecule has 0 saturated carbocycles. The van der Waals surface area contributed by atoms with Gasteiger partial charge in [-0.05, 0) is 0 Å². The van der Waals surface area contributed by atoms with Crippen LogP contribution in [0.5, 0.6) is 0 Å². The number of carbonyl (C=O) groups is 1. The van der Waals surface area contributed by atoms with E-state index in [4.69, 9.17) is 18.9 Å². The lowest BCUT2D eigenvalue weighted by Gasteiger charge is -2.45. The van der Waals surface area contributed by atoms with Crippen LogP contribution in [0.2, 0.25) is 0 Å². The second-order valence-corrected chi connectivity index (χ2v) is 8.28. The number of methoxy groups -OCH3 is 2. The Balaban J connectivity index is 1.77. The summed E-state index contributed by atoms with van der Waals surface area (Å²) in [5.41, 5.74) is 0. The van der Waals surface area contributed by atoms with Crippen molar-refractivity contribution in [3.8, 4) is 0 Å². The fourth-order valence-electron chi connectivity index (χ4n) is 3.71. The molecule has 3 fully saturated rings. The lowest BCUT2D eigenvalue weighted by atomic mass is 9.96. The third-order valence-electron chi connectivity index (χ3n) is 5.40. The number of rotatable bonds is 5.